The molecule has 0 amide bonds. The summed E-state index contributed by atoms with van der Waals surface area (Å²) in [5, 5.41) is 6.96. The highest BCUT2D eigenvalue weighted by Gasteiger charge is 2.15. The summed E-state index contributed by atoms with van der Waals surface area (Å²) in [6.07, 6.45) is 1.19. The summed E-state index contributed by atoms with van der Waals surface area (Å²) in [5.41, 5.74) is 0. The van der Waals surface area contributed by atoms with E-state index in [1.54, 1.807) is 0 Å². The van der Waals surface area contributed by atoms with Crippen molar-refractivity contribution in [1.82, 2.24) is 19.7 Å². The van der Waals surface area contributed by atoms with Crippen LogP contribution in [0.3, 0.4) is 0 Å². The molecule has 0 saturated carbocycles. The van der Waals surface area contributed by atoms with E-state index in [2.05, 4.69) is 15.0 Å². The van der Waals surface area contributed by atoms with Crippen LogP contribution in [0.4, 0.5) is 0 Å². The SMILES string of the molecule is CNS(=O)(=O)c1cnnn1C. The molecule has 1 rings (SSSR count). The average Bonchev–Trinajstić information content (AvgIpc) is 2.36. The molecule has 7 heteroatoms. The fraction of sp³-hybridized carbons (Fsp3) is 0.500. The van der Waals surface area contributed by atoms with E-state index < -0.39 is 10.0 Å². The molecule has 0 radical (unpaired) electrons. The quantitative estimate of drug-likeness (QED) is 0.609. The number of aryl methyl sites for hydroxylation is 1. The number of rotatable bonds is 2. The maximum Gasteiger partial charge on any atom is 0.259 e. The van der Waals surface area contributed by atoms with Gasteiger partial charge in [0.2, 0.25) is 0 Å². The highest BCUT2D eigenvalue weighted by atomic mass is 32.2. The maximum absolute atomic E-state index is 11.1. The molecule has 0 unspecified atom stereocenters. The molecule has 0 spiro atoms. The Morgan fingerprint density at radius 1 is 1.64 bits per heavy atom. The van der Waals surface area contributed by atoms with Crippen LogP contribution in [0, 0.1) is 0 Å². The molecule has 1 heterocycles. The van der Waals surface area contributed by atoms with Crippen molar-refractivity contribution < 1.29 is 8.42 Å². The van der Waals surface area contributed by atoms with Gasteiger partial charge in [-0.3, -0.25) is 0 Å². The minimum Gasteiger partial charge on any atom is -0.236 e. The van der Waals surface area contributed by atoms with Gasteiger partial charge < -0.3 is 0 Å². The van der Waals surface area contributed by atoms with E-state index in [0.29, 0.717) is 0 Å². The third-order valence-electron chi connectivity index (χ3n) is 1.22. The Morgan fingerprint density at radius 3 is 2.64 bits per heavy atom. The Balaban J connectivity index is 3.22. The number of hydrogen-bond donors (Lipinski definition) is 1. The molecule has 1 N–H and O–H groups in total. The smallest absolute Gasteiger partial charge is 0.236 e. The molecule has 1 aromatic rings. The monoisotopic (exact) mass is 176 g/mol. The van der Waals surface area contributed by atoms with E-state index in [1.807, 2.05) is 0 Å². The first-order chi connectivity index (χ1) is 5.08. The zero-order valence-electron chi connectivity index (χ0n) is 6.14. The summed E-state index contributed by atoms with van der Waals surface area (Å²) in [7, 11) is -0.551. The topological polar surface area (TPSA) is 76.9 Å². The summed E-state index contributed by atoms with van der Waals surface area (Å²) in [5.74, 6) is 0. The lowest BCUT2D eigenvalue weighted by atomic mass is 10.9. The second kappa shape index (κ2) is 2.59. The second-order valence-corrected chi connectivity index (χ2v) is 3.74. The van der Waals surface area contributed by atoms with Gasteiger partial charge in [-0.2, -0.15) is 0 Å². The summed E-state index contributed by atoms with van der Waals surface area (Å²) in [6, 6.07) is 0. The molecule has 0 bridgehead atoms. The molecule has 1 aromatic heterocycles. The summed E-state index contributed by atoms with van der Waals surface area (Å²) in [4.78, 5) is 0. The number of hydrogen-bond acceptors (Lipinski definition) is 4. The van der Waals surface area contributed by atoms with Gasteiger partial charge in [-0.15, -0.1) is 5.10 Å². The van der Waals surface area contributed by atoms with Crippen LogP contribution in [0.2, 0.25) is 0 Å². The average molecular weight is 176 g/mol. The molecule has 0 fully saturated rings. The molecule has 0 saturated heterocycles. The van der Waals surface area contributed by atoms with E-state index in [-0.39, 0.29) is 5.03 Å². The Hall–Kier alpha value is -0.950. The largest absolute Gasteiger partial charge is 0.259 e. The molecule has 0 aliphatic rings. The summed E-state index contributed by atoms with van der Waals surface area (Å²) in [6.45, 7) is 0. The molecule has 0 aliphatic carbocycles. The van der Waals surface area contributed by atoms with Gasteiger partial charge in [-0.1, -0.05) is 5.21 Å². The zero-order valence-corrected chi connectivity index (χ0v) is 6.96. The van der Waals surface area contributed by atoms with Gasteiger partial charge in [0.15, 0.2) is 5.03 Å². The van der Waals surface area contributed by atoms with Crippen molar-refractivity contribution in [2.24, 2.45) is 7.05 Å². The first kappa shape index (κ1) is 8.15. The van der Waals surface area contributed by atoms with E-state index >= 15 is 0 Å². The third kappa shape index (κ3) is 1.38. The predicted molar refractivity (Wildman–Crippen MR) is 37.2 cm³/mol. The first-order valence-electron chi connectivity index (χ1n) is 2.86. The van der Waals surface area contributed by atoms with Crippen molar-refractivity contribution in [3.05, 3.63) is 6.20 Å². The van der Waals surface area contributed by atoms with Gasteiger partial charge in [0.1, 0.15) is 0 Å². The van der Waals surface area contributed by atoms with Crippen molar-refractivity contribution in [1.29, 1.82) is 0 Å². The van der Waals surface area contributed by atoms with E-state index in [4.69, 9.17) is 0 Å². The van der Waals surface area contributed by atoms with Crippen LogP contribution >= 0.6 is 0 Å². The lowest BCUT2D eigenvalue weighted by Gasteiger charge is -1.98. The number of nitrogens with zero attached hydrogens (tertiary/aromatic N) is 3. The molecular formula is C4H8N4O2S. The van der Waals surface area contributed by atoms with Crippen molar-refractivity contribution in [2.45, 2.75) is 5.03 Å². The Labute approximate surface area is 64.3 Å². The summed E-state index contributed by atoms with van der Waals surface area (Å²) >= 11 is 0. The van der Waals surface area contributed by atoms with Crippen molar-refractivity contribution >= 4 is 10.0 Å². The molecule has 11 heavy (non-hydrogen) atoms. The highest BCUT2D eigenvalue weighted by Crippen LogP contribution is 2.01. The molecule has 62 valence electrons. The van der Waals surface area contributed by atoms with Crippen molar-refractivity contribution in [3.8, 4) is 0 Å². The Bertz CT molecular complexity index is 341. The highest BCUT2D eigenvalue weighted by molar-refractivity contribution is 7.89. The van der Waals surface area contributed by atoms with E-state index in [0.717, 1.165) is 0 Å². The van der Waals surface area contributed by atoms with Crippen molar-refractivity contribution in [2.75, 3.05) is 7.05 Å². The third-order valence-corrected chi connectivity index (χ3v) is 2.67. The van der Waals surface area contributed by atoms with Gasteiger partial charge in [-0.25, -0.2) is 17.8 Å². The lowest BCUT2D eigenvalue weighted by molar-refractivity contribution is 0.567. The summed E-state index contributed by atoms with van der Waals surface area (Å²) < 4.78 is 25.5. The molecule has 0 aliphatic heterocycles. The lowest BCUT2D eigenvalue weighted by Crippen LogP contribution is -2.21. The van der Waals surface area contributed by atoms with Crippen LogP contribution in [-0.2, 0) is 17.1 Å². The van der Waals surface area contributed by atoms with Gasteiger partial charge >= 0.3 is 0 Å². The predicted octanol–water partition coefficient (Wildman–Crippen LogP) is -1.28. The van der Waals surface area contributed by atoms with E-state index in [9.17, 15) is 8.42 Å². The second-order valence-electron chi connectivity index (χ2n) is 1.90. The number of aromatic nitrogens is 3. The van der Waals surface area contributed by atoms with Crippen LogP contribution < -0.4 is 4.72 Å². The standard InChI is InChI=1S/C4H8N4O2S/c1-5-11(9,10)4-3-6-7-8(4)2/h3,5H,1-2H3. The van der Waals surface area contributed by atoms with Crippen LogP contribution in [0.25, 0.3) is 0 Å². The van der Waals surface area contributed by atoms with Gasteiger partial charge in [0.25, 0.3) is 10.0 Å². The minimum absolute atomic E-state index is 0.0556. The van der Waals surface area contributed by atoms with Crippen LogP contribution in [0.15, 0.2) is 11.2 Å². The van der Waals surface area contributed by atoms with E-state index in [1.165, 1.54) is 25.0 Å². The Morgan fingerprint density at radius 2 is 2.27 bits per heavy atom. The van der Waals surface area contributed by atoms with Crippen LogP contribution in [-0.4, -0.2) is 30.5 Å². The van der Waals surface area contributed by atoms with Gasteiger partial charge in [0, 0.05) is 7.05 Å². The number of sulfonamides is 1. The molecular weight excluding hydrogens is 168 g/mol. The Kier molecular flexibility index (Phi) is 1.92. The van der Waals surface area contributed by atoms with Crippen LogP contribution in [0.1, 0.15) is 0 Å². The van der Waals surface area contributed by atoms with Crippen LogP contribution in [0.5, 0.6) is 0 Å². The fourth-order valence-electron chi connectivity index (χ4n) is 0.628. The molecule has 0 atom stereocenters. The normalized spacial score (nSPS) is 11.8. The fourth-order valence-corrected chi connectivity index (χ4v) is 1.41. The maximum atomic E-state index is 11.1. The first-order valence-corrected chi connectivity index (χ1v) is 4.34. The zero-order chi connectivity index (χ0) is 8.48. The molecule has 0 aromatic carbocycles. The van der Waals surface area contributed by atoms with Crippen molar-refractivity contribution in [3.63, 3.8) is 0 Å². The minimum atomic E-state index is -3.40. The van der Waals surface area contributed by atoms with Gasteiger partial charge in [0.05, 0.1) is 6.20 Å². The number of nitrogens with one attached hydrogen (secondary N) is 1. The molecule has 6 nitrogen and oxygen atoms in total. The van der Waals surface area contributed by atoms with Gasteiger partial charge in [-0.05, 0) is 7.05 Å².